The molecular formula is C23H26N2O3S2. The minimum atomic E-state index is -0.185. The van der Waals surface area contributed by atoms with Gasteiger partial charge in [-0.15, -0.1) is 23.1 Å². The fourth-order valence-corrected chi connectivity index (χ4v) is 4.70. The predicted molar refractivity (Wildman–Crippen MR) is 126 cm³/mol. The molecule has 1 N–H and O–H groups in total. The standard InChI is InChI=1S/C23H26N2O3S2/c1-14-7-6-8-15(2)21(14)25-22(26)16(3)29-12-18-13-30-23(24-18)17-9-10-19(27-4)20(11-17)28-5/h6-11,13,16H,12H2,1-5H3,(H,25,26). The highest BCUT2D eigenvalue weighted by Crippen LogP contribution is 2.34. The van der Waals surface area contributed by atoms with Crippen LogP contribution in [-0.2, 0) is 10.5 Å². The Bertz CT molecular complexity index is 1010. The normalized spacial score (nSPS) is 11.8. The van der Waals surface area contributed by atoms with Crippen LogP contribution in [0.3, 0.4) is 0 Å². The van der Waals surface area contributed by atoms with Crippen LogP contribution in [0.1, 0.15) is 23.7 Å². The van der Waals surface area contributed by atoms with Gasteiger partial charge in [0, 0.05) is 22.4 Å². The first kappa shape index (κ1) is 22.2. The topological polar surface area (TPSA) is 60.5 Å². The molecule has 7 heteroatoms. The van der Waals surface area contributed by atoms with E-state index in [1.807, 2.05) is 62.5 Å². The van der Waals surface area contributed by atoms with Gasteiger partial charge in [0.15, 0.2) is 11.5 Å². The summed E-state index contributed by atoms with van der Waals surface area (Å²) in [6.45, 7) is 5.94. The third kappa shape index (κ3) is 5.15. The van der Waals surface area contributed by atoms with Gasteiger partial charge >= 0.3 is 0 Å². The quantitative estimate of drug-likeness (QED) is 0.485. The number of aromatic nitrogens is 1. The van der Waals surface area contributed by atoms with Gasteiger partial charge in [-0.25, -0.2) is 4.98 Å². The number of ether oxygens (including phenoxy) is 2. The lowest BCUT2D eigenvalue weighted by Crippen LogP contribution is -2.23. The van der Waals surface area contributed by atoms with E-state index in [-0.39, 0.29) is 11.2 Å². The van der Waals surface area contributed by atoms with Crippen molar-refractivity contribution < 1.29 is 14.3 Å². The van der Waals surface area contributed by atoms with Crippen molar-refractivity contribution in [3.63, 3.8) is 0 Å². The van der Waals surface area contributed by atoms with Gasteiger partial charge in [0.1, 0.15) is 5.01 Å². The van der Waals surface area contributed by atoms with Crippen LogP contribution in [-0.4, -0.2) is 30.4 Å². The van der Waals surface area contributed by atoms with E-state index in [0.29, 0.717) is 17.3 Å². The number of carbonyl (C=O) groups excluding carboxylic acids is 1. The summed E-state index contributed by atoms with van der Waals surface area (Å²) in [6.07, 6.45) is 0. The number of thiazole rings is 1. The Morgan fingerprint density at radius 3 is 2.50 bits per heavy atom. The second-order valence-electron chi connectivity index (χ2n) is 6.92. The molecular weight excluding hydrogens is 416 g/mol. The van der Waals surface area contributed by atoms with Crippen LogP contribution in [0.2, 0.25) is 0 Å². The molecule has 1 unspecified atom stereocenters. The zero-order valence-corrected chi connectivity index (χ0v) is 19.4. The van der Waals surface area contributed by atoms with E-state index >= 15 is 0 Å². The van der Waals surface area contributed by atoms with Crippen LogP contribution in [0.15, 0.2) is 41.8 Å². The van der Waals surface area contributed by atoms with Crippen molar-refractivity contribution in [1.82, 2.24) is 4.98 Å². The van der Waals surface area contributed by atoms with Crippen molar-refractivity contribution in [2.75, 3.05) is 19.5 Å². The van der Waals surface area contributed by atoms with Crippen LogP contribution >= 0.6 is 23.1 Å². The summed E-state index contributed by atoms with van der Waals surface area (Å²) in [6, 6.07) is 11.8. The van der Waals surface area contributed by atoms with Gasteiger partial charge < -0.3 is 14.8 Å². The molecule has 0 aliphatic heterocycles. The van der Waals surface area contributed by atoms with Crippen molar-refractivity contribution in [3.8, 4) is 22.1 Å². The molecule has 158 valence electrons. The highest BCUT2D eigenvalue weighted by atomic mass is 32.2. The zero-order valence-electron chi connectivity index (χ0n) is 17.8. The molecule has 0 fully saturated rings. The van der Waals surface area contributed by atoms with E-state index in [1.165, 1.54) is 0 Å². The summed E-state index contributed by atoms with van der Waals surface area (Å²) in [5.41, 5.74) is 4.98. The highest BCUT2D eigenvalue weighted by molar-refractivity contribution is 7.99. The molecule has 0 aliphatic rings. The van der Waals surface area contributed by atoms with Crippen molar-refractivity contribution in [2.24, 2.45) is 0 Å². The molecule has 0 aliphatic carbocycles. The highest BCUT2D eigenvalue weighted by Gasteiger charge is 2.17. The molecule has 3 rings (SSSR count). The van der Waals surface area contributed by atoms with E-state index in [2.05, 4.69) is 5.32 Å². The summed E-state index contributed by atoms with van der Waals surface area (Å²) in [5.74, 6) is 2.05. The number of methoxy groups -OCH3 is 2. The average Bonchev–Trinajstić information content (AvgIpc) is 3.23. The molecule has 2 aromatic carbocycles. The fraction of sp³-hybridized carbons (Fsp3) is 0.304. The number of para-hydroxylation sites is 1. The molecule has 1 amide bonds. The SMILES string of the molecule is COc1ccc(-c2nc(CSC(C)C(=O)Nc3c(C)cccc3C)cs2)cc1OC. The predicted octanol–water partition coefficient (Wildman–Crippen LogP) is 5.70. The van der Waals surface area contributed by atoms with Crippen molar-refractivity contribution >= 4 is 34.7 Å². The number of nitrogens with one attached hydrogen (secondary N) is 1. The molecule has 0 saturated heterocycles. The van der Waals surface area contributed by atoms with E-state index in [9.17, 15) is 4.79 Å². The molecule has 3 aromatic rings. The number of benzene rings is 2. The molecule has 0 bridgehead atoms. The Hall–Kier alpha value is -2.51. The number of aryl methyl sites for hydroxylation is 2. The van der Waals surface area contributed by atoms with E-state index in [4.69, 9.17) is 14.5 Å². The lowest BCUT2D eigenvalue weighted by Gasteiger charge is -2.15. The van der Waals surface area contributed by atoms with Crippen molar-refractivity contribution in [1.29, 1.82) is 0 Å². The molecule has 30 heavy (non-hydrogen) atoms. The maximum Gasteiger partial charge on any atom is 0.237 e. The minimum absolute atomic E-state index is 0.00717. The second kappa shape index (κ2) is 10.00. The number of carbonyl (C=O) groups is 1. The smallest absolute Gasteiger partial charge is 0.237 e. The Balaban J connectivity index is 1.62. The van der Waals surface area contributed by atoms with Crippen LogP contribution in [0.4, 0.5) is 5.69 Å². The minimum Gasteiger partial charge on any atom is -0.493 e. The number of nitrogens with zero attached hydrogens (tertiary/aromatic N) is 1. The van der Waals surface area contributed by atoms with Crippen molar-refractivity contribution in [2.45, 2.75) is 31.8 Å². The lowest BCUT2D eigenvalue weighted by atomic mass is 10.1. The first-order valence-electron chi connectivity index (χ1n) is 9.58. The van der Waals surface area contributed by atoms with Gasteiger partial charge in [0.05, 0.1) is 25.2 Å². The average molecular weight is 443 g/mol. The Labute approximate surface area is 185 Å². The first-order valence-corrected chi connectivity index (χ1v) is 11.5. The number of amides is 1. The van der Waals surface area contributed by atoms with Gasteiger partial charge in [-0.1, -0.05) is 18.2 Å². The lowest BCUT2D eigenvalue weighted by molar-refractivity contribution is -0.115. The number of rotatable bonds is 8. The maximum atomic E-state index is 12.6. The third-order valence-electron chi connectivity index (χ3n) is 4.76. The monoisotopic (exact) mass is 442 g/mol. The molecule has 0 saturated carbocycles. The second-order valence-corrected chi connectivity index (χ2v) is 9.11. The summed E-state index contributed by atoms with van der Waals surface area (Å²) in [7, 11) is 3.24. The molecule has 0 radical (unpaired) electrons. The first-order chi connectivity index (χ1) is 14.4. The van der Waals surface area contributed by atoms with Crippen LogP contribution in [0.5, 0.6) is 11.5 Å². The van der Waals surface area contributed by atoms with Crippen molar-refractivity contribution in [3.05, 3.63) is 58.6 Å². The van der Waals surface area contributed by atoms with Gasteiger partial charge in [0.25, 0.3) is 0 Å². The summed E-state index contributed by atoms with van der Waals surface area (Å²) < 4.78 is 10.7. The number of thioether (sulfide) groups is 1. The summed E-state index contributed by atoms with van der Waals surface area (Å²) >= 11 is 3.16. The number of hydrogen-bond donors (Lipinski definition) is 1. The van der Waals surface area contributed by atoms with Crippen LogP contribution in [0.25, 0.3) is 10.6 Å². The van der Waals surface area contributed by atoms with E-state index < -0.39 is 0 Å². The van der Waals surface area contributed by atoms with Gasteiger partial charge in [0.2, 0.25) is 5.91 Å². The van der Waals surface area contributed by atoms with Gasteiger partial charge in [-0.3, -0.25) is 4.79 Å². The number of hydrogen-bond acceptors (Lipinski definition) is 6. The summed E-state index contributed by atoms with van der Waals surface area (Å²) in [5, 5.41) is 5.83. The Morgan fingerprint density at radius 1 is 1.13 bits per heavy atom. The third-order valence-corrected chi connectivity index (χ3v) is 6.88. The van der Waals surface area contributed by atoms with E-state index in [1.54, 1.807) is 37.3 Å². The van der Waals surface area contributed by atoms with Gasteiger partial charge in [-0.05, 0) is 50.1 Å². The summed E-state index contributed by atoms with van der Waals surface area (Å²) in [4.78, 5) is 17.3. The zero-order chi connectivity index (χ0) is 21.7. The molecule has 1 heterocycles. The Kier molecular flexibility index (Phi) is 7.39. The van der Waals surface area contributed by atoms with Crippen LogP contribution < -0.4 is 14.8 Å². The maximum absolute atomic E-state index is 12.6. The van der Waals surface area contributed by atoms with Gasteiger partial charge in [-0.2, -0.15) is 0 Å². The fourth-order valence-electron chi connectivity index (χ4n) is 3.00. The molecule has 1 atom stereocenters. The number of anilines is 1. The van der Waals surface area contributed by atoms with E-state index in [0.717, 1.165) is 33.1 Å². The largest absolute Gasteiger partial charge is 0.493 e. The molecule has 5 nitrogen and oxygen atoms in total. The Morgan fingerprint density at radius 2 is 1.83 bits per heavy atom. The van der Waals surface area contributed by atoms with Crippen LogP contribution in [0, 0.1) is 13.8 Å². The molecule has 0 spiro atoms. The molecule has 1 aromatic heterocycles.